The van der Waals surface area contributed by atoms with Crippen molar-refractivity contribution < 1.29 is 4.80 Å². The Hall–Kier alpha value is 0.394. The van der Waals surface area contributed by atoms with Gasteiger partial charge in [-0.05, 0) is 11.1 Å². The zero-order valence-electron chi connectivity index (χ0n) is 11.8. The summed E-state index contributed by atoms with van der Waals surface area (Å²) in [6, 6.07) is 0. The lowest BCUT2D eigenvalue weighted by Crippen LogP contribution is -2.59. The van der Waals surface area contributed by atoms with Crippen molar-refractivity contribution in [1.29, 1.82) is 0 Å². The highest BCUT2D eigenvalue weighted by Gasteiger charge is 2.48. The molecule has 0 radical (unpaired) electrons. The summed E-state index contributed by atoms with van der Waals surface area (Å²) in [5, 5.41) is 0. The Morgan fingerprint density at radius 3 is 1.07 bits per heavy atom. The standard InChI is InChI=1S/C12H30OSi2/c1-9(2)14(10(3)4)15(13,11(5)6)12(7)8/h9-14H,1-8H3. The molecule has 1 N–H and O–H groups in total. The fourth-order valence-electron chi connectivity index (χ4n) is 3.27. The molecule has 0 saturated carbocycles. The fourth-order valence-corrected chi connectivity index (χ4v) is 20.8. The molecule has 0 aromatic carbocycles. The van der Waals surface area contributed by atoms with Gasteiger partial charge in [0.25, 0.3) is 0 Å². The quantitative estimate of drug-likeness (QED) is 0.730. The molecule has 0 aliphatic heterocycles. The maximum absolute atomic E-state index is 11.2. The van der Waals surface area contributed by atoms with Crippen molar-refractivity contribution in [3.8, 4) is 0 Å². The molecule has 0 saturated heterocycles. The first-order chi connectivity index (χ1) is 6.65. The summed E-state index contributed by atoms with van der Waals surface area (Å²) in [5.74, 6) is 0. The van der Waals surface area contributed by atoms with Crippen molar-refractivity contribution in [3.05, 3.63) is 0 Å². The van der Waals surface area contributed by atoms with Gasteiger partial charge in [-0.15, -0.1) is 0 Å². The Kier molecular flexibility index (Phi) is 5.79. The molecule has 0 bridgehead atoms. The Morgan fingerprint density at radius 2 is 1.00 bits per heavy atom. The number of hydrogen-bond acceptors (Lipinski definition) is 1. The van der Waals surface area contributed by atoms with Crippen LogP contribution in [0.15, 0.2) is 0 Å². The Labute approximate surface area is 98.8 Å². The van der Waals surface area contributed by atoms with Gasteiger partial charge >= 0.3 is 0 Å². The van der Waals surface area contributed by atoms with Gasteiger partial charge in [-0.25, -0.2) is 0 Å². The van der Waals surface area contributed by atoms with Gasteiger partial charge in [0.1, 0.15) is 0 Å². The fraction of sp³-hybridized carbons (Fsp3) is 1.00. The van der Waals surface area contributed by atoms with Crippen molar-refractivity contribution in [2.24, 2.45) is 0 Å². The van der Waals surface area contributed by atoms with E-state index in [9.17, 15) is 4.80 Å². The van der Waals surface area contributed by atoms with Crippen LogP contribution >= 0.6 is 0 Å². The van der Waals surface area contributed by atoms with Gasteiger partial charge in [0.05, 0.1) is 8.31 Å². The molecule has 0 unspecified atom stereocenters. The molecule has 0 atom stereocenters. The van der Waals surface area contributed by atoms with Crippen LogP contribution in [0.2, 0.25) is 22.2 Å². The molecule has 0 spiro atoms. The molecule has 0 heterocycles. The van der Waals surface area contributed by atoms with Crippen molar-refractivity contribution in [2.75, 3.05) is 0 Å². The largest absolute Gasteiger partial charge is 0.434 e. The van der Waals surface area contributed by atoms with Crippen LogP contribution in [0.4, 0.5) is 0 Å². The summed E-state index contributed by atoms with van der Waals surface area (Å²) in [6.45, 7) is 18.2. The molecule has 0 rings (SSSR count). The smallest absolute Gasteiger partial charge is 0.177 e. The van der Waals surface area contributed by atoms with Crippen LogP contribution in [-0.4, -0.2) is 20.9 Å². The SMILES string of the molecule is CC(C)[SiH](C(C)C)[Si](O)(C(C)C)C(C)C. The van der Waals surface area contributed by atoms with Gasteiger partial charge < -0.3 is 4.80 Å². The van der Waals surface area contributed by atoms with Crippen LogP contribution in [0.3, 0.4) is 0 Å². The predicted octanol–water partition coefficient (Wildman–Crippen LogP) is 3.87. The van der Waals surface area contributed by atoms with E-state index in [0.29, 0.717) is 11.1 Å². The summed E-state index contributed by atoms with van der Waals surface area (Å²) in [6.07, 6.45) is 0. The third kappa shape index (κ3) is 3.17. The summed E-state index contributed by atoms with van der Waals surface area (Å²) in [7, 11) is -3.05. The van der Waals surface area contributed by atoms with E-state index in [1.807, 2.05) is 0 Å². The van der Waals surface area contributed by atoms with Crippen molar-refractivity contribution in [2.45, 2.75) is 77.6 Å². The van der Waals surface area contributed by atoms with E-state index >= 15 is 0 Å². The highest BCUT2D eigenvalue weighted by Crippen LogP contribution is 2.40. The van der Waals surface area contributed by atoms with E-state index in [1.54, 1.807) is 0 Å². The van der Waals surface area contributed by atoms with Gasteiger partial charge in [0, 0.05) is 0 Å². The molecule has 0 aliphatic carbocycles. The minimum Gasteiger partial charge on any atom is -0.434 e. The highest BCUT2D eigenvalue weighted by atomic mass is 29.2. The van der Waals surface area contributed by atoms with E-state index < -0.39 is 16.1 Å². The lowest BCUT2D eigenvalue weighted by atomic mass is 10.5. The molecule has 0 aromatic heterocycles. The van der Waals surface area contributed by atoms with E-state index in [1.165, 1.54) is 0 Å². The summed E-state index contributed by atoms with van der Waals surface area (Å²) >= 11 is 0. The first-order valence-corrected chi connectivity index (χ1v) is 11.6. The molecule has 0 fully saturated rings. The second-order valence-electron chi connectivity index (χ2n) is 6.21. The Morgan fingerprint density at radius 1 is 0.733 bits per heavy atom. The molecule has 0 aliphatic rings. The highest BCUT2D eigenvalue weighted by molar-refractivity contribution is 7.31. The van der Waals surface area contributed by atoms with Crippen molar-refractivity contribution in [3.63, 3.8) is 0 Å². The molecule has 1 nitrogen and oxygen atoms in total. The van der Waals surface area contributed by atoms with Gasteiger partial charge in [0.2, 0.25) is 0 Å². The minimum atomic E-state index is -2.02. The number of rotatable bonds is 5. The normalized spacial score (nSPS) is 14.0. The molecule has 0 amide bonds. The van der Waals surface area contributed by atoms with Crippen LogP contribution in [0.5, 0.6) is 0 Å². The third-order valence-corrected chi connectivity index (χ3v) is 22.7. The first-order valence-electron chi connectivity index (χ1n) is 6.38. The van der Waals surface area contributed by atoms with Gasteiger partial charge in [0.15, 0.2) is 7.83 Å². The zero-order valence-corrected chi connectivity index (χ0v) is 14.0. The molecular weight excluding hydrogens is 216 g/mol. The second kappa shape index (κ2) is 5.64. The summed E-state index contributed by atoms with van der Waals surface area (Å²) in [5.41, 5.74) is 2.48. The molecule has 3 heteroatoms. The third-order valence-electron chi connectivity index (χ3n) is 3.82. The topological polar surface area (TPSA) is 20.2 Å². The lowest BCUT2D eigenvalue weighted by Gasteiger charge is -2.43. The lowest BCUT2D eigenvalue weighted by molar-refractivity contribution is 0.516. The Bertz CT molecular complexity index is 172. The molecular formula is C12H30OSi2. The van der Waals surface area contributed by atoms with Gasteiger partial charge in [-0.1, -0.05) is 66.5 Å². The van der Waals surface area contributed by atoms with Gasteiger partial charge in [-0.3, -0.25) is 0 Å². The summed E-state index contributed by atoms with van der Waals surface area (Å²) in [4.78, 5) is 11.2. The molecule has 0 aromatic rings. The van der Waals surface area contributed by atoms with Crippen LogP contribution in [0.1, 0.15) is 55.4 Å². The monoisotopic (exact) mass is 246 g/mol. The van der Waals surface area contributed by atoms with Crippen LogP contribution in [-0.2, 0) is 0 Å². The van der Waals surface area contributed by atoms with Crippen LogP contribution in [0, 0.1) is 0 Å². The van der Waals surface area contributed by atoms with E-state index in [0.717, 1.165) is 11.1 Å². The van der Waals surface area contributed by atoms with Gasteiger partial charge in [-0.2, -0.15) is 0 Å². The zero-order chi connectivity index (χ0) is 12.4. The maximum atomic E-state index is 11.2. The first kappa shape index (κ1) is 15.4. The molecule has 15 heavy (non-hydrogen) atoms. The minimum absolute atomic E-state index is 0.513. The summed E-state index contributed by atoms with van der Waals surface area (Å²) < 4.78 is 0. The predicted molar refractivity (Wildman–Crippen MR) is 75.5 cm³/mol. The average molecular weight is 247 g/mol. The van der Waals surface area contributed by atoms with Crippen LogP contribution in [0.25, 0.3) is 0 Å². The Balaban J connectivity index is 5.19. The number of hydrogen-bond donors (Lipinski definition) is 1. The van der Waals surface area contributed by atoms with E-state index in [4.69, 9.17) is 0 Å². The average Bonchev–Trinajstić information content (AvgIpc) is 2.01. The van der Waals surface area contributed by atoms with E-state index in [-0.39, 0.29) is 0 Å². The van der Waals surface area contributed by atoms with Crippen LogP contribution < -0.4 is 0 Å². The molecule has 92 valence electrons. The van der Waals surface area contributed by atoms with E-state index in [2.05, 4.69) is 55.4 Å². The second-order valence-corrected chi connectivity index (χ2v) is 18.8. The van der Waals surface area contributed by atoms with Crippen molar-refractivity contribution >= 4 is 16.1 Å². The van der Waals surface area contributed by atoms with Crippen molar-refractivity contribution in [1.82, 2.24) is 0 Å². The maximum Gasteiger partial charge on any atom is 0.177 e.